The van der Waals surface area contributed by atoms with Gasteiger partial charge in [-0.3, -0.25) is 9.69 Å². The number of thiazole rings is 1. The Kier molecular flexibility index (Phi) is 5.48. The van der Waals surface area contributed by atoms with Crippen LogP contribution in [0.1, 0.15) is 30.5 Å². The molecule has 2 heterocycles. The summed E-state index contributed by atoms with van der Waals surface area (Å²) in [4.78, 5) is 18.2. The van der Waals surface area contributed by atoms with Crippen molar-refractivity contribution in [2.45, 2.75) is 39.0 Å². The predicted octanol–water partition coefficient (Wildman–Crippen LogP) is 3.41. The highest BCUT2D eigenvalue weighted by Crippen LogP contribution is 2.26. The van der Waals surface area contributed by atoms with Crippen molar-refractivity contribution in [1.82, 2.24) is 9.88 Å². The Morgan fingerprint density at radius 1 is 1.42 bits per heavy atom. The van der Waals surface area contributed by atoms with E-state index in [1.165, 1.54) is 0 Å². The van der Waals surface area contributed by atoms with Gasteiger partial charge in [0.1, 0.15) is 17.4 Å². The van der Waals surface area contributed by atoms with Crippen molar-refractivity contribution in [3.05, 3.63) is 46.4 Å². The van der Waals surface area contributed by atoms with Crippen molar-refractivity contribution < 1.29 is 14.6 Å². The first-order chi connectivity index (χ1) is 11.6. The van der Waals surface area contributed by atoms with Gasteiger partial charge in [0, 0.05) is 18.0 Å². The molecule has 128 valence electrons. The van der Waals surface area contributed by atoms with Crippen LogP contribution < -0.4 is 4.74 Å². The number of carboxylic acids is 1. The first-order valence-corrected chi connectivity index (χ1v) is 9.09. The largest absolute Gasteiger partial charge is 0.486 e. The van der Waals surface area contributed by atoms with Gasteiger partial charge in [0.25, 0.3) is 0 Å². The molecule has 1 N–H and O–H groups in total. The maximum absolute atomic E-state index is 11.3. The first kappa shape index (κ1) is 16.9. The zero-order chi connectivity index (χ0) is 16.9. The highest BCUT2D eigenvalue weighted by Gasteiger charge is 2.32. The fraction of sp³-hybridized carbons (Fsp3) is 0.444. The van der Waals surface area contributed by atoms with Crippen LogP contribution in [0, 0.1) is 5.92 Å². The third kappa shape index (κ3) is 4.13. The van der Waals surface area contributed by atoms with Gasteiger partial charge in [0.15, 0.2) is 0 Å². The number of likely N-dealkylation sites (tertiary alicyclic amines) is 1. The van der Waals surface area contributed by atoms with Crippen molar-refractivity contribution in [3.63, 3.8) is 0 Å². The number of carbonyl (C=O) groups is 1. The predicted molar refractivity (Wildman–Crippen MR) is 93.1 cm³/mol. The number of ether oxygens (including phenoxy) is 1. The van der Waals surface area contributed by atoms with Crippen LogP contribution in [0.5, 0.6) is 5.75 Å². The second-order valence-electron chi connectivity index (χ2n) is 6.13. The van der Waals surface area contributed by atoms with E-state index in [-0.39, 0.29) is 12.0 Å². The van der Waals surface area contributed by atoms with Crippen LogP contribution in [0.2, 0.25) is 0 Å². The molecular weight excluding hydrogens is 324 g/mol. The van der Waals surface area contributed by atoms with Crippen molar-refractivity contribution in [1.29, 1.82) is 0 Å². The molecule has 0 saturated carbocycles. The van der Waals surface area contributed by atoms with E-state index in [0.717, 1.165) is 35.8 Å². The summed E-state index contributed by atoms with van der Waals surface area (Å²) < 4.78 is 5.72. The summed E-state index contributed by atoms with van der Waals surface area (Å²) in [5.74, 6) is -0.135. The zero-order valence-electron chi connectivity index (χ0n) is 13.7. The fourth-order valence-corrected chi connectivity index (χ4v) is 3.82. The van der Waals surface area contributed by atoms with Gasteiger partial charge in [0.05, 0.1) is 11.6 Å². The number of carboxylic acid groups (broad SMARTS) is 1. The molecule has 1 aliphatic heterocycles. The molecule has 6 heteroatoms. The number of benzene rings is 1. The molecule has 1 aromatic heterocycles. The standard InChI is InChI=1S/C18H22N2O3S/c1-13-16(18(21)22)8-5-9-20(13)10-14-12-24-17(19-14)11-23-15-6-3-2-4-7-15/h2-4,6-7,12-13,16H,5,8-11H2,1H3,(H,21,22)/t13-,16-/m1/s1. The monoisotopic (exact) mass is 346 g/mol. The molecule has 2 aromatic rings. The number of para-hydroxylation sites is 1. The average molecular weight is 346 g/mol. The van der Waals surface area contributed by atoms with E-state index in [0.29, 0.717) is 13.2 Å². The second-order valence-corrected chi connectivity index (χ2v) is 7.08. The Hall–Kier alpha value is -1.92. The number of piperidine rings is 1. The Labute approximate surface area is 145 Å². The smallest absolute Gasteiger partial charge is 0.308 e. The average Bonchev–Trinajstić information content (AvgIpc) is 3.03. The first-order valence-electron chi connectivity index (χ1n) is 8.21. The zero-order valence-corrected chi connectivity index (χ0v) is 14.5. The summed E-state index contributed by atoms with van der Waals surface area (Å²) in [6, 6.07) is 9.74. The lowest BCUT2D eigenvalue weighted by molar-refractivity contribution is -0.145. The van der Waals surface area contributed by atoms with Crippen molar-refractivity contribution >= 4 is 17.3 Å². The number of nitrogens with zero attached hydrogens (tertiary/aromatic N) is 2. The summed E-state index contributed by atoms with van der Waals surface area (Å²) >= 11 is 1.59. The molecule has 0 aliphatic carbocycles. The quantitative estimate of drug-likeness (QED) is 0.868. The van der Waals surface area contributed by atoms with E-state index < -0.39 is 5.97 Å². The number of hydrogen-bond acceptors (Lipinski definition) is 5. The number of rotatable bonds is 6. The third-order valence-electron chi connectivity index (χ3n) is 4.51. The van der Waals surface area contributed by atoms with Crippen LogP contribution in [0.4, 0.5) is 0 Å². The maximum atomic E-state index is 11.3. The van der Waals surface area contributed by atoms with E-state index in [2.05, 4.69) is 9.88 Å². The van der Waals surface area contributed by atoms with Crippen molar-refractivity contribution in [2.24, 2.45) is 5.92 Å². The molecule has 0 bridgehead atoms. The number of aromatic nitrogens is 1. The van der Waals surface area contributed by atoms with Crippen LogP contribution in [0.15, 0.2) is 35.7 Å². The number of hydrogen-bond donors (Lipinski definition) is 1. The Bertz CT molecular complexity index is 674. The maximum Gasteiger partial charge on any atom is 0.308 e. The van der Waals surface area contributed by atoms with Crippen LogP contribution in [0.3, 0.4) is 0 Å². The SMILES string of the molecule is C[C@@H]1[C@H](C(=O)O)CCCN1Cc1csc(COc2ccccc2)n1. The molecule has 5 nitrogen and oxygen atoms in total. The normalized spacial score (nSPS) is 21.5. The molecule has 0 unspecified atom stereocenters. The van der Waals surface area contributed by atoms with Gasteiger partial charge in [-0.05, 0) is 38.4 Å². The Balaban J connectivity index is 1.56. The van der Waals surface area contributed by atoms with E-state index in [1.807, 2.05) is 42.6 Å². The Morgan fingerprint density at radius 3 is 2.96 bits per heavy atom. The molecule has 1 saturated heterocycles. The molecule has 2 atom stereocenters. The van der Waals surface area contributed by atoms with Crippen molar-refractivity contribution in [3.8, 4) is 5.75 Å². The highest BCUT2D eigenvalue weighted by atomic mass is 32.1. The summed E-state index contributed by atoms with van der Waals surface area (Å²) in [6.45, 7) is 4.09. The van der Waals surface area contributed by atoms with Crippen LogP contribution in [-0.2, 0) is 17.9 Å². The summed E-state index contributed by atoms with van der Waals surface area (Å²) in [7, 11) is 0. The molecule has 0 amide bonds. The molecular formula is C18H22N2O3S. The second kappa shape index (κ2) is 7.77. The highest BCUT2D eigenvalue weighted by molar-refractivity contribution is 7.09. The van der Waals surface area contributed by atoms with Gasteiger partial charge in [-0.25, -0.2) is 4.98 Å². The van der Waals surface area contributed by atoms with Gasteiger partial charge in [-0.1, -0.05) is 18.2 Å². The molecule has 1 aliphatic rings. The van der Waals surface area contributed by atoms with Gasteiger partial charge in [-0.15, -0.1) is 11.3 Å². The van der Waals surface area contributed by atoms with E-state index in [4.69, 9.17) is 4.74 Å². The topological polar surface area (TPSA) is 62.7 Å². The molecule has 1 fully saturated rings. The van der Waals surface area contributed by atoms with Crippen LogP contribution >= 0.6 is 11.3 Å². The molecule has 1 aromatic carbocycles. The minimum atomic E-state index is -0.692. The van der Waals surface area contributed by atoms with Gasteiger partial charge < -0.3 is 9.84 Å². The minimum Gasteiger partial charge on any atom is -0.486 e. The van der Waals surface area contributed by atoms with E-state index >= 15 is 0 Å². The van der Waals surface area contributed by atoms with E-state index in [9.17, 15) is 9.90 Å². The van der Waals surface area contributed by atoms with Gasteiger partial charge in [-0.2, -0.15) is 0 Å². The molecule has 3 rings (SSSR count). The summed E-state index contributed by atoms with van der Waals surface area (Å²) in [6.07, 6.45) is 1.69. The lowest BCUT2D eigenvalue weighted by Crippen LogP contribution is -2.45. The fourth-order valence-electron chi connectivity index (χ4n) is 3.12. The number of aliphatic carboxylic acids is 1. The summed E-state index contributed by atoms with van der Waals surface area (Å²) in [5.41, 5.74) is 0.990. The van der Waals surface area contributed by atoms with Gasteiger partial charge >= 0.3 is 5.97 Å². The molecule has 0 spiro atoms. The lowest BCUT2D eigenvalue weighted by atomic mass is 9.90. The minimum absolute atomic E-state index is 0.0435. The van der Waals surface area contributed by atoms with Crippen molar-refractivity contribution in [2.75, 3.05) is 6.54 Å². The van der Waals surface area contributed by atoms with Crippen LogP contribution in [-0.4, -0.2) is 33.5 Å². The van der Waals surface area contributed by atoms with Gasteiger partial charge in [0.2, 0.25) is 0 Å². The van der Waals surface area contributed by atoms with E-state index in [1.54, 1.807) is 11.3 Å². The summed E-state index contributed by atoms with van der Waals surface area (Å²) in [5, 5.41) is 12.3. The lowest BCUT2D eigenvalue weighted by Gasteiger charge is -2.37. The third-order valence-corrected chi connectivity index (χ3v) is 5.38. The molecule has 24 heavy (non-hydrogen) atoms. The molecule has 0 radical (unpaired) electrons. The van der Waals surface area contributed by atoms with Crippen LogP contribution in [0.25, 0.3) is 0 Å². The Morgan fingerprint density at radius 2 is 2.21 bits per heavy atom.